The predicted octanol–water partition coefficient (Wildman–Crippen LogP) is 4.82. The van der Waals surface area contributed by atoms with Crippen molar-refractivity contribution in [2.75, 3.05) is 33.2 Å². The lowest BCUT2D eigenvalue weighted by Gasteiger charge is -2.62. The van der Waals surface area contributed by atoms with Gasteiger partial charge in [0, 0.05) is 17.9 Å². The molecule has 6 rings (SSSR count). The molecule has 0 aromatic carbocycles. The summed E-state index contributed by atoms with van der Waals surface area (Å²) in [4.78, 5) is 2.67. The molecule has 0 amide bonds. The Hall–Kier alpha value is -0.160. The van der Waals surface area contributed by atoms with Crippen LogP contribution in [0.3, 0.4) is 0 Å². The van der Waals surface area contributed by atoms with Gasteiger partial charge in [-0.1, -0.05) is 20.3 Å². The summed E-state index contributed by atoms with van der Waals surface area (Å²) in [6.45, 7) is 10.1. The van der Waals surface area contributed by atoms with E-state index in [2.05, 4.69) is 25.8 Å². The monoisotopic (exact) mass is 473 g/mol. The van der Waals surface area contributed by atoms with E-state index in [1.807, 2.05) is 0 Å². The van der Waals surface area contributed by atoms with E-state index in [0.717, 1.165) is 22.7 Å². The zero-order valence-electron chi connectivity index (χ0n) is 22.4. The Bertz CT molecular complexity index is 746. The number of likely N-dealkylation sites (tertiary alicyclic amines) is 2. The summed E-state index contributed by atoms with van der Waals surface area (Å²) in [7, 11) is 2.47. The highest BCUT2D eigenvalue weighted by Gasteiger charge is 2.65. The molecule has 34 heavy (non-hydrogen) atoms. The Labute approximate surface area is 209 Å². The second-order valence-corrected chi connectivity index (χ2v) is 14.6. The van der Waals surface area contributed by atoms with Gasteiger partial charge in [0.15, 0.2) is 0 Å². The quantitative estimate of drug-likeness (QED) is 0.565. The van der Waals surface area contributed by atoms with Crippen LogP contribution in [0.15, 0.2) is 0 Å². The highest BCUT2D eigenvalue weighted by atomic mass is 16.3. The molecule has 4 nitrogen and oxygen atoms in total. The summed E-state index contributed by atoms with van der Waals surface area (Å²) < 4.78 is 1.13. The van der Waals surface area contributed by atoms with Crippen LogP contribution in [0.5, 0.6) is 0 Å². The molecule has 4 saturated carbocycles. The first-order chi connectivity index (χ1) is 16.3. The van der Waals surface area contributed by atoms with Crippen LogP contribution in [0.25, 0.3) is 0 Å². The Kier molecular flexibility index (Phi) is 6.19. The van der Waals surface area contributed by atoms with Gasteiger partial charge in [-0.25, -0.2) is 0 Å². The van der Waals surface area contributed by atoms with E-state index >= 15 is 0 Å². The van der Waals surface area contributed by atoms with Crippen molar-refractivity contribution in [3.8, 4) is 0 Å². The fraction of sp³-hybridized carbons (Fsp3) is 1.00. The van der Waals surface area contributed by atoms with Gasteiger partial charge in [0.2, 0.25) is 0 Å². The third-order valence-corrected chi connectivity index (χ3v) is 13.2. The number of hydrogen-bond donors (Lipinski definition) is 2. The van der Waals surface area contributed by atoms with Crippen LogP contribution in [0.4, 0.5) is 0 Å². The molecule has 0 aromatic heterocycles. The highest BCUT2D eigenvalue weighted by molar-refractivity contribution is 5.13. The molecule has 4 heteroatoms. The molecule has 2 aliphatic heterocycles. The van der Waals surface area contributed by atoms with Gasteiger partial charge < -0.3 is 14.7 Å². The third-order valence-electron chi connectivity index (χ3n) is 13.2. The number of quaternary nitrogens is 1. The number of nitrogens with zero attached hydrogens (tertiary/aromatic N) is 2. The molecule has 2 saturated heterocycles. The average Bonchev–Trinajstić information content (AvgIpc) is 3.12. The van der Waals surface area contributed by atoms with Crippen molar-refractivity contribution in [3.05, 3.63) is 0 Å². The maximum absolute atomic E-state index is 11.8. The van der Waals surface area contributed by atoms with E-state index in [9.17, 15) is 10.2 Å². The van der Waals surface area contributed by atoms with E-state index in [1.165, 1.54) is 103 Å². The first-order valence-corrected chi connectivity index (χ1v) is 15.2. The SMILES string of the molecule is C[C@]12CC(N3CCCCC3)[C@@H](O)C[C@@H]1CC[C@@H]1[C@@H]2CC[C@]2(C)C(O)C([N+]3(C)CCCCC3)C[C@@H]12. The van der Waals surface area contributed by atoms with Gasteiger partial charge in [-0.15, -0.1) is 0 Å². The van der Waals surface area contributed by atoms with Crippen LogP contribution >= 0.6 is 0 Å². The molecule has 2 N–H and O–H groups in total. The zero-order valence-corrected chi connectivity index (χ0v) is 22.4. The summed E-state index contributed by atoms with van der Waals surface area (Å²) in [5.41, 5.74) is 0.492. The second kappa shape index (κ2) is 8.71. The van der Waals surface area contributed by atoms with E-state index in [-0.39, 0.29) is 17.6 Å². The van der Waals surface area contributed by atoms with Crippen molar-refractivity contribution in [1.29, 1.82) is 0 Å². The molecule has 10 atom stereocenters. The predicted molar refractivity (Wildman–Crippen MR) is 137 cm³/mol. The van der Waals surface area contributed by atoms with Crippen molar-refractivity contribution >= 4 is 0 Å². The summed E-state index contributed by atoms with van der Waals surface area (Å²) in [6, 6.07) is 0.835. The van der Waals surface area contributed by atoms with Gasteiger partial charge in [-0.3, -0.25) is 4.90 Å². The maximum Gasteiger partial charge on any atom is 0.116 e. The van der Waals surface area contributed by atoms with Crippen LogP contribution in [0.2, 0.25) is 0 Å². The maximum atomic E-state index is 11.8. The first kappa shape index (κ1) is 24.2. The molecule has 6 aliphatic rings. The number of aliphatic hydroxyl groups is 2. The van der Waals surface area contributed by atoms with Crippen LogP contribution < -0.4 is 0 Å². The number of piperidine rings is 2. The largest absolute Gasteiger partial charge is 0.391 e. The van der Waals surface area contributed by atoms with Crippen molar-refractivity contribution in [1.82, 2.24) is 4.90 Å². The first-order valence-electron chi connectivity index (χ1n) is 15.2. The van der Waals surface area contributed by atoms with Gasteiger partial charge >= 0.3 is 0 Å². The van der Waals surface area contributed by atoms with Gasteiger partial charge in [0.1, 0.15) is 12.1 Å². The highest BCUT2D eigenvalue weighted by Crippen LogP contribution is 2.67. The lowest BCUT2D eigenvalue weighted by molar-refractivity contribution is -0.940. The van der Waals surface area contributed by atoms with Gasteiger partial charge in [0.05, 0.1) is 26.2 Å². The Morgan fingerprint density at radius 2 is 1.50 bits per heavy atom. The topological polar surface area (TPSA) is 43.7 Å². The van der Waals surface area contributed by atoms with E-state index < -0.39 is 0 Å². The number of hydrogen-bond acceptors (Lipinski definition) is 3. The smallest absolute Gasteiger partial charge is 0.116 e. The third kappa shape index (κ3) is 3.59. The minimum Gasteiger partial charge on any atom is -0.391 e. The number of fused-ring (bicyclic) bond motifs is 5. The second-order valence-electron chi connectivity index (χ2n) is 14.6. The Morgan fingerprint density at radius 3 is 2.24 bits per heavy atom. The fourth-order valence-electron chi connectivity index (χ4n) is 11.0. The number of likely N-dealkylation sites (N-methyl/N-ethyl adjacent to an activating group) is 1. The van der Waals surface area contributed by atoms with Crippen LogP contribution in [-0.4, -0.2) is 77.1 Å². The summed E-state index contributed by atoms with van der Waals surface area (Å²) in [5, 5.41) is 23.1. The molecular formula is C30H53N2O2+. The van der Waals surface area contributed by atoms with Gasteiger partial charge in [-0.05, 0) is 113 Å². The Morgan fingerprint density at radius 1 is 0.794 bits per heavy atom. The van der Waals surface area contributed by atoms with Gasteiger partial charge in [0.25, 0.3) is 0 Å². The summed E-state index contributed by atoms with van der Waals surface area (Å²) >= 11 is 0. The molecular weight excluding hydrogens is 420 g/mol. The minimum absolute atomic E-state index is 0.119. The lowest BCUT2D eigenvalue weighted by atomic mass is 9.44. The Balaban J connectivity index is 1.25. The molecule has 0 radical (unpaired) electrons. The van der Waals surface area contributed by atoms with Crippen LogP contribution in [0.1, 0.15) is 97.3 Å². The number of aliphatic hydroxyl groups excluding tert-OH is 2. The van der Waals surface area contributed by atoms with Crippen molar-refractivity contribution in [3.63, 3.8) is 0 Å². The molecule has 194 valence electrons. The average molecular weight is 474 g/mol. The molecule has 6 fully saturated rings. The molecule has 0 bridgehead atoms. The van der Waals surface area contributed by atoms with E-state index in [1.54, 1.807) is 0 Å². The normalized spacial score (nSPS) is 53.6. The van der Waals surface area contributed by atoms with Crippen LogP contribution in [-0.2, 0) is 0 Å². The molecule has 2 heterocycles. The minimum atomic E-state index is -0.124. The fourth-order valence-corrected chi connectivity index (χ4v) is 11.0. The van der Waals surface area contributed by atoms with E-state index in [4.69, 9.17) is 0 Å². The molecule has 3 unspecified atom stereocenters. The standard InChI is InChI=1S/C30H53N2O2/c1-29-13-12-23-22(24(29)19-26(28(29)34)32(3)16-8-5-9-17-32)11-10-21-18-27(33)25(20-30(21,23)2)31-14-6-4-7-15-31/h21-28,33-34H,4-20H2,1-3H3/q+1/t21-,22+,23-,24-,25?,26?,27-,28?,29-,30-/m0/s1. The lowest BCUT2D eigenvalue weighted by Crippen LogP contribution is -2.60. The van der Waals surface area contributed by atoms with Crippen molar-refractivity contribution < 1.29 is 14.7 Å². The van der Waals surface area contributed by atoms with Crippen LogP contribution in [0, 0.1) is 34.5 Å². The van der Waals surface area contributed by atoms with Crippen molar-refractivity contribution in [2.45, 2.75) is 122 Å². The molecule has 0 spiro atoms. The summed E-state index contributed by atoms with van der Waals surface area (Å²) in [5.74, 6) is 2.97. The molecule has 4 aliphatic carbocycles. The van der Waals surface area contributed by atoms with Crippen molar-refractivity contribution in [2.24, 2.45) is 34.5 Å². The number of rotatable bonds is 2. The molecule has 0 aromatic rings. The van der Waals surface area contributed by atoms with E-state index in [0.29, 0.717) is 29.3 Å². The zero-order chi connectivity index (χ0) is 23.7. The van der Waals surface area contributed by atoms with Gasteiger partial charge in [-0.2, -0.15) is 0 Å². The summed E-state index contributed by atoms with van der Waals surface area (Å²) in [6.07, 6.45) is 16.5.